The van der Waals surface area contributed by atoms with Gasteiger partial charge >= 0.3 is 0 Å². The number of pyridine rings is 1. The third-order valence-electron chi connectivity index (χ3n) is 4.33. The van der Waals surface area contributed by atoms with Crippen molar-refractivity contribution in [3.8, 4) is 6.07 Å². The van der Waals surface area contributed by atoms with Crippen molar-refractivity contribution in [2.75, 3.05) is 17.6 Å². The van der Waals surface area contributed by atoms with E-state index >= 15 is 0 Å². The molecule has 0 fully saturated rings. The molecule has 0 amide bonds. The molecule has 2 aromatic rings. The lowest BCUT2D eigenvalue weighted by atomic mass is 9.74. The minimum absolute atomic E-state index is 0.253. The summed E-state index contributed by atoms with van der Waals surface area (Å²) in [4.78, 5) is 4.09. The van der Waals surface area contributed by atoms with Gasteiger partial charge in [0, 0.05) is 24.6 Å². The fourth-order valence-corrected chi connectivity index (χ4v) is 3.02. The molecule has 3 N–H and O–H groups in total. The van der Waals surface area contributed by atoms with Crippen molar-refractivity contribution in [2.45, 2.75) is 12.8 Å². The first-order chi connectivity index (χ1) is 11.7. The number of nitrogens with one attached hydrogen (secondary N) is 1. The maximum Gasteiger partial charge on any atom is 0.146 e. The molecule has 24 heavy (non-hydrogen) atoms. The molecule has 0 aliphatic heterocycles. The number of nitrogens with two attached hydrogens (primary N) is 1. The highest BCUT2D eigenvalue weighted by atomic mass is 15.0. The van der Waals surface area contributed by atoms with E-state index in [-0.39, 0.29) is 5.41 Å². The predicted octanol–water partition coefficient (Wildman–Crippen LogP) is 4.02. The second kappa shape index (κ2) is 7.01. The van der Waals surface area contributed by atoms with Gasteiger partial charge in [0.2, 0.25) is 0 Å². The van der Waals surface area contributed by atoms with Crippen LogP contribution in [0.4, 0.5) is 11.5 Å². The minimum atomic E-state index is -0.253. The van der Waals surface area contributed by atoms with Crippen LogP contribution < -0.4 is 11.1 Å². The molecular weight excluding hydrogens is 296 g/mol. The molecule has 0 saturated heterocycles. The third kappa shape index (κ3) is 3.47. The third-order valence-corrected chi connectivity index (χ3v) is 4.33. The molecule has 120 valence electrons. The minimum Gasteiger partial charge on any atom is -0.382 e. The van der Waals surface area contributed by atoms with Crippen LogP contribution in [0.2, 0.25) is 0 Å². The Balaban J connectivity index is 1.80. The second-order valence-electron chi connectivity index (χ2n) is 6.08. The molecular formula is C20H20N4. The van der Waals surface area contributed by atoms with Crippen LogP contribution in [0.5, 0.6) is 0 Å². The van der Waals surface area contributed by atoms with Crippen molar-refractivity contribution in [1.82, 2.24) is 4.98 Å². The Labute approximate surface area is 142 Å². The van der Waals surface area contributed by atoms with Crippen LogP contribution in [-0.2, 0) is 0 Å². The van der Waals surface area contributed by atoms with E-state index in [1.165, 1.54) is 11.1 Å². The number of anilines is 2. The van der Waals surface area contributed by atoms with Crippen molar-refractivity contribution in [2.24, 2.45) is 5.41 Å². The van der Waals surface area contributed by atoms with E-state index in [4.69, 9.17) is 5.73 Å². The zero-order valence-corrected chi connectivity index (χ0v) is 13.4. The molecule has 0 radical (unpaired) electrons. The number of allylic oxidation sites excluding steroid dienone is 3. The number of hydrogen-bond donors (Lipinski definition) is 2. The van der Waals surface area contributed by atoms with Gasteiger partial charge in [0.15, 0.2) is 0 Å². The van der Waals surface area contributed by atoms with Gasteiger partial charge in [-0.3, -0.25) is 0 Å². The summed E-state index contributed by atoms with van der Waals surface area (Å²) in [5.41, 5.74) is 8.90. The molecule has 4 nitrogen and oxygen atoms in total. The summed E-state index contributed by atoms with van der Waals surface area (Å²) in [6, 6.07) is 16.4. The fourth-order valence-electron chi connectivity index (χ4n) is 3.02. The summed E-state index contributed by atoms with van der Waals surface area (Å²) < 4.78 is 0. The highest BCUT2D eigenvalue weighted by Crippen LogP contribution is 2.39. The number of benzene rings is 1. The van der Waals surface area contributed by atoms with E-state index in [1.807, 2.05) is 30.3 Å². The van der Waals surface area contributed by atoms with Crippen LogP contribution >= 0.6 is 0 Å². The van der Waals surface area contributed by atoms with Gasteiger partial charge in [-0.2, -0.15) is 5.26 Å². The van der Waals surface area contributed by atoms with E-state index in [0.717, 1.165) is 12.1 Å². The summed E-state index contributed by atoms with van der Waals surface area (Å²) >= 11 is 0. The molecule has 1 aliphatic rings. The van der Waals surface area contributed by atoms with Crippen molar-refractivity contribution in [3.05, 3.63) is 72.5 Å². The first-order valence-electron chi connectivity index (χ1n) is 7.98. The van der Waals surface area contributed by atoms with Crippen LogP contribution in [-0.4, -0.2) is 11.5 Å². The smallest absolute Gasteiger partial charge is 0.146 e. The summed E-state index contributed by atoms with van der Waals surface area (Å²) in [5, 5.41) is 12.7. The number of nitriles is 1. The Kier molecular flexibility index (Phi) is 4.62. The topological polar surface area (TPSA) is 74.7 Å². The second-order valence-corrected chi connectivity index (χ2v) is 6.08. The van der Waals surface area contributed by atoms with Crippen LogP contribution in [0, 0.1) is 16.7 Å². The molecule has 4 heteroatoms. The maximum absolute atomic E-state index is 9.32. The first-order valence-corrected chi connectivity index (χ1v) is 7.98. The standard InChI is InChI=1S/C20H20N4/c21-12-11-20(15-24-18-9-5-13-23-19(18)22)10-4-8-17(14-20)16-6-2-1-3-7-16/h1-10,13,24H,11,14-15H2,(H2,22,23). The number of aromatic nitrogens is 1. The van der Waals surface area contributed by atoms with Crippen molar-refractivity contribution >= 4 is 17.1 Å². The average Bonchev–Trinajstić information content (AvgIpc) is 2.62. The molecule has 0 saturated carbocycles. The van der Waals surface area contributed by atoms with E-state index in [2.05, 4.69) is 46.7 Å². The van der Waals surface area contributed by atoms with Gasteiger partial charge in [0.25, 0.3) is 0 Å². The molecule has 1 aliphatic carbocycles. The normalized spacial score (nSPS) is 19.4. The molecule has 1 unspecified atom stereocenters. The Morgan fingerprint density at radius 1 is 1.21 bits per heavy atom. The number of hydrogen-bond acceptors (Lipinski definition) is 4. The van der Waals surface area contributed by atoms with Gasteiger partial charge in [-0.15, -0.1) is 0 Å². The van der Waals surface area contributed by atoms with Crippen molar-refractivity contribution < 1.29 is 0 Å². The summed E-state index contributed by atoms with van der Waals surface area (Å²) in [5.74, 6) is 0.475. The molecule has 0 spiro atoms. The Morgan fingerprint density at radius 3 is 2.79 bits per heavy atom. The highest BCUT2D eigenvalue weighted by molar-refractivity contribution is 5.69. The summed E-state index contributed by atoms with van der Waals surface area (Å²) in [6.07, 6.45) is 9.24. The van der Waals surface area contributed by atoms with Crippen LogP contribution in [0.3, 0.4) is 0 Å². The van der Waals surface area contributed by atoms with Gasteiger partial charge in [0.05, 0.1) is 11.8 Å². The van der Waals surface area contributed by atoms with E-state index in [1.54, 1.807) is 6.20 Å². The predicted molar refractivity (Wildman–Crippen MR) is 98.0 cm³/mol. The average molecular weight is 316 g/mol. The highest BCUT2D eigenvalue weighted by Gasteiger charge is 2.30. The zero-order valence-electron chi connectivity index (χ0n) is 13.4. The molecule has 1 atom stereocenters. The molecule has 0 bridgehead atoms. The monoisotopic (exact) mass is 316 g/mol. The van der Waals surface area contributed by atoms with E-state index in [9.17, 15) is 5.26 Å². The maximum atomic E-state index is 9.32. The number of nitrogens with zero attached hydrogens (tertiary/aromatic N) is 2. The van der Waals surface area contributed by atoms with Crippen molar-refractivity contribution in [1.29, 1.82) is 5.26 Å². The largest absolute Gasteiger partial charge is 0.382 e. The first kappa shape index (κ1) is 15.8. The fraction of sp³-hybridized carbons (Fsp3) is 0.200. The Hall–Kier alpha value is -3.06. The van der Waals surface area contributed by atoms with Crippen molar-refractivity contribution in [3.63, 3.8) is 0 Å². The van der Waals surface area contributed by atoms with E-state index in [0.29, 0.717) is 18.8 Å². The SMILES string of the molecule is N#CCC1(CNc2cccnc2N)C=CC=C(c2ccccc2)C1. The Bertz CT molecular complexity index is 802. The van der Waals surface area contributed by atoms with Gasteiger partial charge in [0.1, 0.15) is 5.82 Å². The zero-order chi connectivity index (χ0) is 16.8. The lowest BCUT2D eigenvalue weighted by molar-refractivity contribution is 0.425. The van der Waals surface area contributed by atoms with E-state index < -0.39 is 0 Å². The van der Waals surface area contributed by atoms with Gasteiger partial charge in [-0.05, 0) is 29.7 Å². The van der Waals surface area contributed by atoms with Crippen LogP contribution in [0.15, 0.2) is 66.9 Å². The molecule has 1 aromatic heterocycles. The molecule has 1 heterocycles. The van der Waals surface area contributed by atoms with Gasteiger partial charge in [-0.1, -0.05) is 48.6 Å². The number of rotatable bonds is 5. The lowest BCUT2D eigenvalue weighted by Crippen LogP contribution is -2.29. The van der Waals surface area contributed by atoms with Crippen LogP contribution in [0.1, 0.15) is 18.4 Å². The Morgan fingerprint density at radius 2 is 2.04 bits per heavy atom. The molecule has 1 aromatic carbocycles. The lowest BCUT2D eigenvalue weighted by Gasteiger charge is -2.32. The molecule has 3 rings (SSSR count). The van der Waals surface area contributed by atoms with Gasteiger partial charge in [-0.25, -0.2) is 4.98 Å². The summed E-state index contributed by atoms with van der Waals surface area (Å²) in [6.45, 7) is 0.636. The van der Waals surface area contributed by atoms with Crippen LogP contribution in [0.25, 0.3) is 5.57 Å². The van der Waals surface area contributed by atoms with Gasteiger partial charge < -0.3 is 11.1 Å². The number of nitrogen functional groups attached to an aromatic ring is 1. The summed E-state index contributed by atoms with van der Waals surface area (Å²) in [7, 11) is 0. The quantitative estimate of drug-likeness (QED) is 0.873.